The van der Waals surface area contributed by atoms with Crippen molar-refractivity contribution in [3.05, 3.63) is 29.6 Å². The van der Waals surface area contributed by atoms with E-state index in [0.717, 1.165) is 0 Å². The number of carboxylic acid groups (broad SMARTS) is 1. The number of pyridine rings is 1. The van der Waals surface area contributed by atoms with E-state index in [-0.39, 0.29) is 23.4 Å². The SMILES string of the molecule is CC(C)(C)[C@H](N)C(=O)NCc1cc(C(=O)O)ccn1. The maximum absolute atomic E-state index is 11.8. The minimum Gasteiger partial charge on any atom is -0.478 e. The van der Waals surface area contributed by atoms with Gasteiger partial charge in [0.15, 0.2) is 0 Å². The Labute approximate surface area is 112 Å². The van der Waals surface area contributed by atoms with Gasteiger partial charge >= 0.3 is 5.97 Å². The van der Waals surface area contributed by atoms with Gasteiger partial charge in [-0.3, -0.25) is 9.78 Å². The standard InChI is InChI=1S/C13H19N3O3/c1-13(2,3)10(14)11(17)16-7-9-6-8(12(18)19)4-5-15-9/h4-6,10H,7,14H2,1-3H3,(H,16,17)(H,18,19)/t10-/m1/s1. The van der Waals surface area contributed by atoms with E-state index in [0.29, 0.717) is 5.69 Å². The zero-order chi connectivity index (χ0) is 14.6. The lowest BCUT2D eigenvalue weighted by Crippen LogP contribution is -2.48. The molecule has 6 nitrogen and oxygen atoms in total. The van der Waals surface area contributed by atoms with E-state index in [2.05, 4.69) is 10.3 Å². The molecule has 0 aliphatic heterocycles. The second-order valence-corrected chi connectivity index (χ2v) is 5.40. The number of carboxylic acids is 1. The summed E-state index contributed by atoms with van der Waals surface area (Å²) in [5, 5.41) is 11.5. The quantitative estimate of drug-likeness (QED) is 0.745. The molecular formula is C13H19N3O3. The van der Waals surface area contributed by atoms with Crippen LogP contribution in [0.3, 0.4) is 0 Å². The molecule has 0 saturated carbocycles. The van der Waals surface area contributed by atoms with E-state index in [1.165, 1.54) is 18.3 Å². The van der Waals surface area contributed by atoms with Crippen LogP contribution in [-0.2, 0) is 11.3 Å². The number of nitrogens with zero attached hydrogens (tertiary/aromatic N) is 1. The molecule has 19 heavy (non-hydrogen) atoms. The Hall–Kier alpha value is -1.95. The third-order valence-corrected chi connectivity index (χ3v) is 2.72. The van der Waals surface area contributed by atoms with Crippen molar-refractivity contribution < 1.29 is 14.7 Å². The minimum atomic E-state index is -1.03. The number of nitrogens with two attached hydrogens (primary N) is 1. The van der Waals surface area contributed by atoms with Crippen LogP contribution < -0.4 is 11.1 Å². The van der Waals surface area contributed by atoms with Crippen molar-refractivity contribution in [2.24, 2.45) is 11.1 Å². The Kier molecular flexibility index (Phi) is 4.61. The van der Waals surface area contributed by atoms with Crippen molar-refractivity contribution >= 4 is 11.9 Å². The summed E-state index contributed by atoms with van der Waals surface area (Å²) in [6.45, 7) is 5.78. The molecule has 1 aromatic rings. The molecule has 6 heteroatoms. The molecule has 0 aromatic carbocycles. The molecule has 1 aromatic heterocycles. The zero-order valence-electron chi connectivity index (χ0n) is 11.3. The Morgan fingerprint density at radius 1 is 1.47 bits per heavy atom. The molecule has 1 atom stereocenters. The number of carbonyl (C=O) groups excluding carboxylic acids is 1. The smallest absolute Gasteiger partial charge is 0.335 e. The molecule has 0 saturated heterocycles. The maximum atomic E-state index is 11.8. The molecule has 1 amide bonds. The summed E-state index contributed by atoms with van der Waals surface area (Å²) in [4.78, 5) is 26.6. The van der Waals surface area contributed by atoms with Gasteiger partial charge < -0.3 is 16.2 Å². The van der Waals surface area contributed by atoms with Crippen LogP contribution in [0.4, 0.5) is 0 Å². The lowest BCUT2D eigenvalue weighted by Gasteiger charge is -2.25. The maximum Gasteiger partial charge on any atom is 0.335 e. The second-order valence-electron chi connectivity index (χ2n) is 5.40. The highest BCUT2D eigenvalue weighted by molar-refractivity contribution is 5.87. The summed E-state index contributed by atoms with van der Waals surface area (Å²) in [7, 11) is 0. The summed E-state index contributed by atoms with van der Waals surface area (Å²) < 4.78 is 0. The number of aromatic nitrogens is 1. The number of amides is 1. The Bertz CT molecular complexity index is 480. The summed E-state index contributed by atoms with van der Waals surface area (Å²) in [6, 6.07) is 2.19. The highest BCUT2D eigenvalue weighted by atomic mass is 16.4. The van der Waals surface area contributed by atoms with Crippen molar-refractivity contribution in [3.63, 3.8) is 0 Å². The monoisotopic (exact) mass is 265 g/mol. The molecular weight excluding hydrogens is 246 g/mol. The van der Waals surface area contributed by atoms with Gasteiger partial charge in [-0.2, -0.15) is 0 Å². The van der Waals surface area contributed by atoms with Gasteiger partial charge in [0.25, 0.3) is 0 Å². The second kappa shape index (κ2) is 5.79. The number of rotatable bonds is 4. The average molecular weight is 265 g/mol. The molecule has 0 unspecified atom stereocenters. The number of hydrogen-bond donors (Lipinski definition) is 3. The minimum absolute atomic E-state index is 0.138. The highest BCUT2D eigenvalue weighted by Crippen LogP contribution is 2.17. The fourth-order valence-electron chi connectivity index (χ4n) is 1.39. The van der Waals surface area contributed by atoms with Gasteiger partial charge in [-0.15, -0.1) is 0 Å². The lowest BCUT2D eigenvalue weighted by molar-refractivity contribution is -0.124. The van der Waals surface area contributed by atoms with E-state index < -0.39 is 12.0 Å². The largest absolute Gasteiger partial charge is 0.478 e. The molecule has 104 valence electrons. The Balaban J connectivity index is 2.65. The van der Waals surface area contributed by atoms with Crippen LogP contribution in [0.5, 0.6) is 0 Å². The van der Waals surface area contributed by atoms with Crippen molar-refractivity contribution in [3.8, 4) is 0 Å². The fraction of sp³-hybridized carbons (Fsp3) is 0.462. The predicted molar refractivity (Wildman–Crippen MR) is 70.5 cm³/mol. The van der Waals surface area contributed by atoms with E-state index in [9.17, 15) is 9.59 Å². The van der Waals surface area contributed by atoms with E-state index in [1.807, 2.05) is 20.8 Å². The van der Waals surface area contributed by atoms with Gasteiger partial charge in [0, 0.05) is 6.20 Å². The topological polar surface area (TPSA) is 105 Å². The number of aromatic carboxylic acids is 1. The molecule has 1 heterocycles. The number of carbonyl (C=O) groups is 2. The highest BCUT2D eigenvalue weighted by Gasteiger charge is 2.27. The van der Waals surface area contributed by atoms with Gasteiger partial charge in [-0.1, -0.05) is 20.8 Å². The fourth-order valence-corrected chi connectivity index (χ4v) is 1.39. The molecule has 1 rings (SSSR count). The lowest BCUT2D eigenvalue weighted by atomic mass is 9.87. The third-order valence-electron chi connectivity index (χ3n) is 2.72. The van der Waals surface area contributed by atoms with Crippen molar-refractivity contribution in [1.82, 2.24) is 10.3 Å². The summed E-state index contributed by atoms with van der Waals surface area (Å²) >= 11 is 0. The predicted octanol–water partition coefficient (Wildman–Crippen LogP) is 0.769. The first-order chi connectivity index (χ1) is 8.71. The average Bonchev–Trinajstić information content (AvgIpc) is 2.34. The summed E-state index contributed by atoms with van der Waals surface area (Å²) in [5.41, 5.74) is 6.10. The van der Waals surface area contributed by atoms with Gasteiger partial charge in [-0.05, 0) is 17.5 Å². The van der Waals surface area contributed by atoms with Gasteiger partial charge in [0.2, 0.25) is 5.91 Å². The van der Waals surface area contributed by atoms with Crippen molar-refractivity contribution in [1.29, 1.82) is 0 Å². The number of hydrogen-bond acceptors (Lipinski definition) is 4. The normalized spacial score (nSPS) is 12.8. The molecule has 0 aliphatic carbocycles. The third kappa shape index (κ3) is 4.33. The van der Waals surface area contributed by atoms with Gasteiger partial charge in [-0.25, -0.2) is 4.79 Å². The molecule has 0 fully saturated rings. The molecule has 0 bridgehead atoms. The van der Waals surface area contributed by atoms with Crippen LogP contribution in [0.2, 0.25) is 0 Å². The van der Waals surface area contributed by atoms with Crippen molar-refractivity contribution in [2.45, 2.75) is 33.4 Å². The van der Waals surface area contributed by atoms with Crippen LogP contribution in [0.1, 0.15) is 36.8 Å². The molecule has 0 aliphatic rings. The molecule has 0 radical (unpaired) electrons. The summed E-state index contributed by atoms with van der Waals surface area (Å²) in [5.74, 6) is -1.31. The molecule has 0 spiro atoms. The van der Waals surface area contributed by atoms with Crippen LogP contribution in [0, 0.1) is 5.41 Å². The van der Waals surface area contributed by atoms with E-state index >= 15 is 0 Å². The zero-order valence-corrected chi connectivity index (χ0v) is 11.3. The van der Waals surface area contributed by atoms with E-state index in [1.54, 1.807) is 0 Å². The van der Waals surface area contributed by atoms with Gasteiger partial charge in [0.1, 0.15) is 0 Å². The van der Waals surface area contributed by atoms with Crippen LogP contribution in [-0.4, -0.2) is 28.0 Å². The Morgan fingerprint density at radius 3 is 2.63 bits per heavy atom. The van der Waals surface area contributed by atoms with Crippen LogP contribution >= 0.6 is 0 Å². The van der Waals surface area contributed by atoms with Crippen LogP contribution in [0.15, 0.2) is 18.3 Å². The van der Waals surface area contributed by atoms with Crippen molar-refractivity contribution in [2.75, 3.05) is 0 Å². The molecule has 4 N–H and O–H groups in total. The van der Waals surface area contributed by atoms with E-state index in [4.69, 9.17) is 10.8 Å². The van der Waals surface area contributed by atoms with Crippen LogP contribution in [0.25, 0.3) is 0 Å². The first kappa shape index (κ1) is 15.1. The Morgan fingerprint density at radius 2 is 2.11 bits per heavy atom. The summed E-state index contributed by atoms with van der Waals surface area (Å²) in [6.07, 6.45) is 1.40. The first-order valence-corrected chi connectivity index (χ1v) is 5.93. The number of nitrogens with one attached hydrogen (secondary N) is 1. The van der Waals surface area contributed by atoms with Gasteiger partial charge in [0.05, 0.1) is 23.8 Å². The first-order valence-electron chi connectivity index (χ1n) is 5.93.